The van der Waals surface area contributed by atoms with Crippen molar-refractivity contribution in [2.45, 2.75) is 19.8 Å². The van der Waals surface area contributed by atoms with Crippen molar-refractivity contribution in [3.63, 3.8) is 0 Å². The van der Waals surface area contributed by atoms with E-state index in [1.165, 1.54) is 0 Å². The van der Waals surface area contributed by atoms with Crippen LogP contribution in [0.3, 0.4) is 0 Å². The standard InChI is InChI=1S/C23H24N4O2/c1-2-26(22(29)18-13-14-18)16-21(28)25-23-24-20(17-9-5-3-6-10-17)15-27(23)19-11-7-4-8-12-19/h3-12,15,18H,2,13-14,16H2,1H3,(H,24,25,28). The Hall–Kier alpha value is -3.41. The molecule has 0 aliphatic heterocycles. The van der Waals surface area contributed by atoms with E-state index in [-0.39, 0.29) is 24.3 Å². The zero-order valence-electron chi connectivity index (χ0n) is 16.4. The summed E-state index contributed by atoms with van der Waals surface area (Å²) >= 11 is 0. The van der Waals surface area contributed by atoms with Gasteiger partial charge in [0.2, 0.25) is 17.8 Å². The zero-order valence-corrected chi connectivity index (χ0v) is 16.4. The van der Waals surface area contributed by atoms with Crippen molar-refractivity contribution >= 4 is 17.8 Å². The van der Waals surface area contributed by atoms with Crippen molar-refractivity contribution in [1.82, 2.24) is 14.5 Å². The Bertz CT molecular complexity index is 994. The number of amides is 2. The molecule has 2 amide bonds. The van der Waals surface area contributed by atoms with Gasteiger partial charge in [0, 0.05) is 29.9 Å². The minimum atomic E-state index is -0.247. The van der Waals surface area contributed by atoms with Gasteiger partial charge >= 0.3 is 0 Å². The molecule has 6 nitrogen and oxygen atoms in total. The highest BCUT2D eigenvalue weighted by Gasteiger charge is 2.33. The normalized spacial score (nSPS) is 13.1. The fourth-order valence-electron chi connectivity index (χ4n) is 3.27. The van der Waals surface area contributed by atoms with Gasteiger partial charge in [-0.2, -0.15) is 0 Å². The average Bonchev–Trinajstić information content (AvgIpc) is 3.53. The number of benzene rings is 2. The highest BCUT2D eigenvalue weighted by Crippen LogP contribution is 2.31. The van der Waals surface area contributed by atoms with Crippen molar-refractivity contribution < 1.29 is 9.59 Å². The molecule has 1 aliphatic rings. The van der Waals surface area contributed by atoms with Gasteiger partial charge in [-0.05, 0) is 31.9 Å². The number of nitrogens with one attached hydrogen (secondary N) is 1. The molecule has 1 fully saturated rings. The molecule has 148 valence electrons. The quantitative estimate of drug-likeness (QED) is 0.670. The highest BCUT2D eigenvalue weighted by molar-refractivity contribution is 5.94. The SMILES string of the molecule is CCN(CC(=O)Nc1nc(-c2ccccc2)cn1-c1ccccc1)C(=O)C1CC1. The smallest absolute Gasteiger partial charge is 0.246 e. The summed E-state index contributed by atoms with van der Waals surface area (Å²) in [4.78, 5) is 31.3. The van der Waals surface area contributed by atoms with Crippen molar-refractivity contribution in [1.29, 1.82) is 0 Å². The molecule has 3 aromatic rings. The molecule has 0 atom stereocenters. The maximum Gasteiger partial charge on any atom is 0.246 e. The monoisotopic (exact) mass is 388 g/mol. The number of hydrogen-bond acceptors (Lipinski definition) is 3. The summed E-state index contributed by atoms with van der Waals surface area (Å²) in [5.74, 6) is 0.357. The number of rotatable bonds is 7. The fourth-order valence-corrected chi connectivity index (χ4v) is 3.27. The number of para-hydroxylation sites is 1. The molecule has 0 spiro atoms. The molecular formula is C23H24N4O2. The molecular weight excluding hydrogens is 364 g/mol. The second-order valence-corrected chi connectivity index (χ2v) is 7.20. The molecule has 0 saturated heterocycles. The van der Waals surface area contributed by atoms with Crippen LogP contribution in [0.5, 0.6) is 0 Å². The van der Waals surface area contributed by atoms with Crippen LogP contribution in [-0.4, -0.2) is 39.4 Å². The number of anilines is 1. The first kappa shape index (κ1) is 18.9. The molecule has 1 aromatic heterocycles. The predicted molar refractivity (Wildman–Crippen MR) is 113 cm³/mol. The van der Waals surface area contributed by atoms with E-state index >= 15 is 0 Å². The number of aromatic nitrogens is 2. The molecule has 1 heterocycles. The molecule has 1 aliphatic carbocycles. The Kier molecular flexibility index (Phi) is 5.42. The van der Waals surface area contributed by atoms with Gasteiger partial charge in [0.1, 0.15) is 0 Å². The first-order chi connectivity index (χ1) is 14.2. The van der Waals surface area contributed by atoms with Crippen LogP contribution in [0.4, 0.5) is 5.95 Å². The molecule has 0 unspecified atom stereocenters. The number of nitrogens with zero attached hydrogens (tertiary/aromatic N) is 3. The Labute approximate surface area is 170 Å². The van der Waals surface area contributed by atoms with Gasteiger partial charge < -0.3 is 4.90 Å². The fraction of sp³-hybridized carbons (Fsp3) is 0.261. The van der Waals surface area contributed by atoms with Crippen LogP contribution in [0.1, 0.15) is 19.8 Å². The van der Waals surface area contributed by atoms with Gasteiger partial charge in [-0.15, -0.1) is 0 Å². The summed E-state index contributed by atoms with van der Waals surface area (Å²) in [6.07, 6.45) is 3.76. The Balaban J connectivity index is 1.59. The summed E-state index contributed by atoms with van der Waals surface area (Å²) < 4.78 is 1.86. The van der Waals surface area contributed by atoms with E-state index in [0.29, 0.717) is 12.5 Å². The van der Waals surface area contributed by atoms with Crippen molar-refractivity contribution in [3.8, 4) is 16.9 Å². The van der Waals surface area contributed by atoms with Crippen LogP contribution >= 0.6 is 0 Å². The number of hydrogen-bond donors (Lipinski definition) is 1. The zero-order chi connectivity index (χ0) is 20.2. The van der Waals surface area contributed by atoms with E-state index in [4.69, 9.17) is 0 Å². The van der Waals surface area contributed by atoms with Crippen molar-refractivity contribution in [3.05, 3.63) is 66.9 Å². The van der Waals surface area contributed by atoms with Crippen LogP contribution < -0.4 is 5.32 Å². The third kappa shape index (κ3) is 4.37. The molecule has 0 radical (unpaired) electrons. The number of carbonyl (C=O) groups is 2. The van der Waals surface area contributed by atoms with E-state index in [2.05, 4.69) is 10.3 Å². The molecule has 2 aromatic carbocycles. The topological polar surface area (TPSA) is 67.2 Å². The summed E-state index contributed by atoms with van der Waals surface area (Å²) in [7, 11) is 0. The van der Waals surface area contributed by atoms with Gasteiger partial charge in [-0.3, -0.25) is 19.5 Å². The lowest BCUT2D eigenvalue weighted by Crippen LogP contribution is -2.39. The molecule has 1 saturated carbocycles. The maximum absolute atomic E-state index is 12.7. The first-order valence-electron chi connectivity index (χ1n) is 9.94. The van der Waals surface area contributed by atoms with Crippen LogP contribution in [0.25, 0.3) is 16.9 Å². The maximum atomic E-state index is 12.7. The average molecular weight is 388 g/mol. The molecule has 1 N–H and O–H groups in total. The highest BCUT2D eigenvalue weighted by atomic mass is 16.2. The lowest BCUT2D eigenvalue weighted by Gasteiger charge is -2.20. The van der Waals surface area contributed by atoms with Crippen LogP contribution in [0, 0.1) is 5.92 Å². The Morgan fingerprint density at radius 3 is 2.34 bits per heavy atom. The lowest BCUT2D eigenvalue weighted by atomic mass is 10.2. The minimum Gasteiger partial charge on any atom is -0.333 e. The summed E-state index contributed by atoms with van der Waals surface area (Å²) in [6.45, 7) is 2.45. The third-order valence-electron chi connectivity index (χ3n) is 5.02. The van der Waals surface area contributed by atoms with Gasteiger partial charge in [0.15, 0.2) is 0 Å². The first-order valence-corrected chi connectivity index (χ1v) is 9.94. The van der Waals surface area contributed by atoms with Crippen molar-refractivity contribution in [2.75, 3.05) is 18.4 Å². The van der Waals surface area contributed by atoms with Crippen molar-refractivity contribution in [2.24, 2.45) is 5.92 Å². The molecule has 29 heavy (non-hydrogen) atoms. The van der Waals surface area contributed by atoms with Gasteiger partial charge in [0.25, 0.3) is 0 Å². The van der Waals surface area contributed by atoms with Crippen LogP contribution in [0.15, 0.2) is 66.9 Å². The molecule has 4 rings (SSSR count). The second-order valence-electron chi connectivity index (χ2n) is 7.20. The van der Waals surface area contributed by atoms with E-state index < -0.39 is 0 Å². The lowest BCUT2D eigenvalue weighted by molar-refractivity contribution is -0.135. The Morgan fingerprint density at radius 1 is 1.07 bits per heavy atom. The Morgan fingerprint density at radius 2 is 1.72 bits per heavy atom. The van der Waals surface area contributed by atoms with E-state index in [9.17, 15) is 9.59 Å². The van der Waals surface area contributed by atoms with Crippen LogP contribution in [0.2, 0.25) is 0 Å². The molecule has 0 bridgehead atoms. The minimum absolute atomic E-state index is 0.0359. The summed E-state index contributed by atoms with van der Waals surface area (Å²) in [6, 6.07) is 19.6. The predicted octanol–water partition coefficient (Wildman–Crippen LogP) is 3.74. The van der Waals surface area contributed by atoms with E-state index in [1.807, 2.05) is 78.4 Å². The third-order valence-corrected chi connectivity index (χ3v) is 5.02. The summed E-state index contributed by atoms with van der Waals surface area (Å²) in [5.41, 5.74) is 2.64. The number of imidazole rings is 1. The molecule has 6 heteroatoms. The van der Waals surface area contributed by atoms with E-state index in [0.717, 1.165) is 29.8 Å². The number of carbonyl (C=O) groups excluding carboxylic acids is 2. The largest absolute Gasteiger partial charge is 0.333 e. The number of likely N-dealkylation sites (N-methyl/N-ethyl adjacent to an activating group) is 1. The van der Waals surface area contributed by atoms with Gasteiger partial charge in [-0.25, -0.2) is 4.98 Å². The summed E-state index contributed by atoms with van der Waals surface area (Å²) in [5, 5.41) is 2.90. The van der Waals surface area contributed by atoms with Gasteiger partial charge in [0.05, 0.1) is 12.2 Å². The van der Waals surface area contributed by atoms with Crippen LogP contribution in [-0.2, 0) is 9.59 Å². The van der Waals surface area contributed by atoms with Gasteiger partial charge in [-0.1, -0.05) is 48.5 Å². The second kappa shape index (κ2) is 8.31. The van der Waals surface area contributed by atoms with E-state index in [1.54, 1.807) is 4.90 Å².